The third-order valence-corrected chi connectivity index (χ3v) is 5.81. The number of hydrogen-bond acceptors (Lipinski definition) is 6. The van der Waals surface area contributed by atoms with Crippen LogP contribution in [0.25, 0.3) is 5.65 Å². The lowest BCUT2D eigenvalue weighted by molar-refractivity contribution is -0.905. The third-order valence-electron chi connectivity index (χ3n) is 5.81. The number of ether oxygens (including phenoxy) is 1. The lowest BCUT2D eigenvalue weighted by Crippen LogP contribution is -2.41. The van der Waals surface area contributed by atoms with E-state index in [4.69, 9.17) is 9.72 Å². The molecule has 2 N–H and O–H groups in total. The van der Waals surface area contributed by atoms with E-state index < -0.39 is 0 Å². The molecule has 0 saturated carbocycles. The summed E-state index contributed by atoms with van der Waals surface area (Å²) in [4.78, 5) is 7.45. The molecule has 1 aliphatic heterocycles. The average molecular weight is 412 g/mol. The van der Waals surface area contributed by atoms with Crippen LogP contribution in [-0.2, 0) is 17.7 Å². The second kappa shape index (κ2) is 9.30. The maximum atomic E-state index is 9.68. The van der Waals surface area contributed by atoms with Crippen molar-refractivity contribution in [2.75, 3.05) is 30.5 Å². The maximum Gasteiger partial charge on any atom is 0.227 e. The van der Waals surface area contributed by atoms with Crippen molar-refractivity contribution in [3.05, 3.63) is 47.9 Å². The first-order chi connectivity index (χ1) is 14.7. The fourth-order valence-electron chi connectivity index (χ4n) is 4.18. The lowest BCUT2D eigenvalue weighted by Gasteiger charge is -2.37. The summed E-state index contributed by atoms with van der Waals surface area (Å²) in [6.07, 6.45) is 10.7. The van der Waals surface area contributed by atoms with E-state index >= 15 is 0 Å². The topological polar surface area (TPSA) is 78.8 Å². The molecule has 0 radical (unpaired) electrons. The van der Waals surface area contributed by atoms with E-state index in [0.717, 1.165) is 59.1 Å². The Labute approximate surface area is 177 Å². The molecule has 8 nitrogen and oxygen atoms in total. The van der Waals surface area contributed by atoms with Crippen molar-refractivity contribution in [2.45, 2.75) is 51.6 Å². The predicted molar refractivity (Wildman–Crippen MR) is 115 cm³/mol. The molecule has 1 saturated heterocycles. The van der Waals surface area contributed by atoms with E-state index in [2.05, 4.69) is 28.3 Å². The van der Waals surface area contributed by atoms with Gasteiger partial charge in [-0.2, -0.15) is 9.61 Å². The Morgan fingerprint density at radius 3 is 3.07 bits per heavy atom. The fraction of sp³-hybridized carbons (Fsp3) is 0.500. The summed E-state index contributed by atoms with van der Waals surface area (Å²) in [5.41, 5.74) is 3.02. The Morgan fingerprint density at radius 2 is 2.27 bits per heavy atom. The number of nitrogens with zero attached hydrogens (tertiary/aromatic N) is 5. The quantitative estimate of drug-likeness (QED) is 0.438. The first-order valence-electron chi connectivity index (χ1n) is 10.8. The molecule has 3 aromatic heterocycles. The zero-order valence-electron chi connectivity index (χ0n) is 17.8. The molecule has 0 bridgehead atoms. The summed E-state index contributed by atoms with van der Waals surface area (Å²) < 4.78 is 8.30. The van der Waals surface area contributed by atoms with Gasteiger partial charge in [-0.15, -0.1) is 0 Å². The molecule has 0 aromatic carbocycles. The first kappa shape index (κ1) is 20.4. The molecule has 1 atom stereocenters. The van der Waals surface area contributed by atoms with Gasteiger partial charge in [-0.25, -0.2) is 4.98 Å². The van der Waals surface area contributed by atoms with Gasteiger partial charge in [-0.1, -0.05) is 6.92 Å². The van der Waals surface area contributed by atoms with Crippen molar-refractivity contribution in [2.24, 2.45) is 0 Å². The van der Waals surface area contributed by atoms with Gasteiger partial charge in [0.1, 0.15) is 11.6 Å². The first-order valence-corrected chi connectivity index (χ1v) is 10.8. The number of aromatic nitrogens is 4. The highest BCUT2D eigenvalue weighted by Gasteiger charge is 2.25. The summed E-state index contributed by atoms with van der Waals surface area (Å²) in [6.45, 7) is 4.48. The van der Waals surface area contributed by atoms with Crippen molar-refractivity contribution < 1.29 is 14.7 Å². The van der Waals surface area contributed by atoms with E-state index in [1.165, 1.54) is 19.3 Å². The largest absolute Gasteiger partial charge is 0.385 e. The smallest absolute Gasteiger partial charge is 0.227 e. The van der Waals surface area contributed by atoms with E-state index in [1.54, 1.807) is 19.5 Å². The van der Waals surface area contributed by atoms with Gasteiger partial charge < -0.3 is 15.0 Å². The second-order valence-electron chi connectivity index (χ2n) is 7.83. The number of nitrogens with one attached hydrogen (secondary N) is 1. The van der Waals surface area contributed by atoms with Crippen LogP contribution < -0.4 is 14.9 Å². The number of hydrogen-bond donors (Lipinski definition) is 2. The molecule has 30 heavy (non-hydrogen) atoms. The van der Waals surface area contributed by atoms with Gasteiger partial charge in [0, 0.05) is 60.8 Å². The van der Waals surface area contributed by atoms with Crippen LogP contribution in [0.2, 0.25) is 0 Å². The monoisotopic (exact) mass is 411 g/mol. The number of pyridine rings is 1. The molecule has 1 aliphatic rings. The van der Waals surface area contributed by atoms with Gasteiger partial charge in [0.2, 0.25) is 12.4 Å². The van der Waals surface area contributed by atoms with Gasteiger partial charge in [-0.05, 0) is 38.2 Å². The van der Waals surface area contributed by atoms with Gasteiger partial charge in [-0.3, -0.25) is 5.21 Å². The Morgan fingerprint density at radius 1 is 1.37 bits per heavy atom. The van der Waals surface area contributed by atoms with Crippen LogP contribution in [-0.4, -0.2) is 46.1 Å². The standard InChI is InChI=1S/C22H31N6O2/c1-3-18-15-24-28-20(23-14-17-7-6-10-26(29)16-17)13-21(25-22(18)28)27-11-5-4-8-19(27)9-12-30-2/h6-7,10,13,15-16,19,23,29H,3-5,8-9,11-12,14H2,1-2H3/q+1/t19-/m0/s1. The minimum atomic E-state index is 0.442. The average Bonchev–Trinajstić information content (AvgIpc) is 3.19. The number of piperidine rings is 1. The molecular weight excluding hydrogens is 380 g/mol. The highest BCUT2D eigenvalue weighted by Crippen LogP contribution is 2.29. The third kappa shape index (κ3) is 4.33. The van der Waals surface area contributed by atoms with Gasteiger partial charge in [0.05, 0.1) is 6.20 Å². The number of fused-ring (bicyclic) bond motifs is 1. The zero-order valence-corrected chi connectivity index (χ0v) is 17.8. The van der Waals surface area contributed by atoms with Crippen LogP contribution >= 0.6 is 0 Å². The second-order valence-corrected chi connectivity index (χ2v) is 7.83. The molecule has 8 heteroatoms. The summed E-state index contributed by atoms with van der Waals surface area (Å²) >= 11 is 0. The molecule has 0 spiro atoms. The Kier molecular flexibility index (Phi) is 6.32. The SMILES string of the molecule is CCc1cnn2c(NCc3ccc[n+](O)c3)cc(N3CCCC[C@H]3CCOC)nc12. The highest BCUT2D eigenvalue weighted by atomic mass is 16.5. The van der Waals surface area contributed by atoms with Crippen molar-refractivity contribution in [3.8, 4) is 0 Å². The molecule has 4 heterocycles. The van der Waals surface area contributed by atoms with Crippen molar-refractivity contribution in [1.82, 2.24) is 14.6 Å². The van der Waals surface area contributed by atoms with Crippen molar-refractivity contribution in [1.29, 1.82) is 0 Å². The normalized spacial score (nSPS) is 16.9. The summed E-state index contributed by atoms with van der Waals surface area (Å²) in [5, 5.41) is 17.7. The van der Waals surface area contributed by atoms with E-state index in [9.17, 15) is 5.21 Å². The van der Waals surface area contributed by atoms with Crippen LogP contribution in [0.3, 0.4) is 0 Å². The zero-order chi connectivity index (χ0) is 20.9. The maximum absolute atomic E-state index is 9.68. The molecule has 3 aromatic rings. The van der Waals surface area contributed by atoms with Gasteiger partial charge in [0.15, 0.2) is 5.65 Å². The molecule has 0 aliphatic carbocycles. The summed E-state index contributed by atoms with van der Waals surface area (Å²) in [5.74, 6) is 1.89. The van der Waals surface area contributed by atoms with Gasteiger partial charge in [0.25, 0.3) is 0 Å². The van der Waals surface area contributed by atoms with E-state index in [0.29, 0.717) is 12.6 Å². The van der Waals surface area contributed by atoms with Gasteiger partial charge >= 0.3 is 0 Å². The lowest BCUT2D eigenvalue weighted by atomic mass is 9.99. The minimum absolute atomic E-state index is 0.442. The van der Waals surface area contributed by atoms with Crippen LogP contribution in [0.4, 0.5) is 11.6 Å². The molecule has 1 fully saturated rings. The fourth-order valence-corrected chi connectivity index (χ4v) is 4.18. The van der Waals surface area contributed by atoms with Crippen LogP contribution in [0.5, 0.6) is 0 Å². The van der Waals surface area contributed by atoms with Crippen LogP contribution in [0.1, 0.15) is 43.7 Å². The van der Waals surface area contributed by atoms with Crippen molar-refractivity contribution in [3.63, 3.8) is 0 Å². The van der Waals surface area contributed by atoms with Crippen LogP contribution in [0.15, 0.2) is 36.8 Å². The van der Waals surface area contributed by atoms with E-state index in [-0.39, 0.29) is 0 Å². The van der Waals surface area contributed by atoms with Crippen LogP contribution in [0, 0.1) is 0 Å². The minimum Gasteiger partial charge on any atom is -0.385 e. The molecular formula is C22H31N6O2+. The molecule has 160 valence electrons. The molecule has 0 amide bonds. The number of anilines is 2. The Hall–Kier alpha value is -2.87. The molecule has 4 rings (SSSR count). The number of methoxy groups -OCH3 is 1. The van der Waals surface area contributed by atoms with E-state index in [1.807, 2.05) is 22.8 Å². The van der Waals surface area contributed by atoms with Crippen molar-refractivity contribution >= 4 is 17.3 Å². The predicted octanol–water partition coefficient (Wildman–Crippen LogP) is 2.82. The Bertz CT molecular complexity index is 989. The highest BCUT2D eigenvalue weighted by molar-refractivity contribution is 5.61. The summed E-state index contributed by atoms with van der Waals surface area (Å²) in [6, 6.07) is 6.34. The molecule has 0 unspecified atom stereocenters. The Balaban J connectivity index is 1.67. The summed E-state index contributed by atoms with van der Waals surface area (Å²) in [7, 11) is 1.76. The number of aryl methyl sites for hydroxylation is 1. The number of rotatable bonds is 8.